The Morgan fingerprint density at radius 2 is 0.912 bits per heavy atom. The van der Waals surface area contributed by atoms with Crippen LogP contribution in [0, 0.1) is 13.8 Å². The van der Waals surface area contributed by atoms with Crippen molar-refractivity contribution in [3.63, 3.8) is 0 Å². The molecule has 0 aliphatic heterocycles. The lowest BCUT2D eigenvalue weighted by molar-refractivity contribution is -0.152. The third-order valence-electron chi connectivity index (χ3n) is 5.24. The molecule has 0 radical (unpaired) electrons. The Hall–Kier alpha value is -3.02. The van der Waals surface area contributed by atoms with Gasteiger partial charge in [-0.05, 0) is 76.6 Å². The number of rotatable bonds is 17. The summed E-state index contributed by atoms with van der Waals surface area (Å²) in [5, 5.41) is 0. The van der Waals surface area contributed by atoms with E-state index in [1.807, 2.05) is 62.4 Å². The van der Waals surface area contributed by atoms with Crippen LogP contribution in [0.15, 0.2) is 48.5 Å². The number of ether oxygens (including phenoxy) is 4. The lowest BCUT2D eigenvalue weighted by Crippen LogP contribution is -2.13. The molecule has 0 fully saturated rings. The minimum atomic E-state index is -0.260. The molecule has 0 saturated carbocycles. The SMILES string of the molecule is Cc1ccc(OCCCCCC(=O)OCCOC(=O)CCCCCOc2ccc(C)cc2)cc1. The molecule has 6 nitrogen and oxygen atoms in total. The van der Waals surface area contributed by atoms with Crippen LogP contribution in [0.2, 0.25) is 0 Å². The first-order valence-electron chi connectivity index (χ1n) is 12.2. The van der Waals surface area contributed by atoms with E-state index in [1.54, 1.807) is 0 Å². The van der Waals surface area contributed by atoms with Crippen LogP contribution < -0.4 is 9.47 Å². The Morgan fingerprint density at radius 3 is 1.29 bits per heavy atom. The van der Waals surface area contributed by atoms with Crippen LogP contribution in [0.5, 0.6) is 11.5 Å². The van der Waals surface area contributed by atoms with Crippen molar-refractivity contribution in [1.29, 1.82) is 0 Å². The van der Waals surface area contributed by atoms with Gasteiger partial charge in [-0.2, -0.15) is 0 Å². The molecule has 0 atom stereocenters. The monoisotopic (exact) mass is 470 g/mol. The Balaban J connectivity index is 1.35. The quantitative estimate of drug-likeness (QED) is 0.210. The minimum absolute atomic E-state index is 0.103. The second-order valence-corrected chi connectivity index (χ2v) is 8.39. The molecule has 0 unspecified atom stereocenters. The Bertz CT molecular complexity index is 757. The van der Waals surface area contributed by atoms with Gasteiger partial charge in [0.25, 0.3) is 0 Å². The van der Waals surface area contributed by atoms with Crippen LogP contribution in [0.1, 0.15) is 62.5 Å². The standard InChI is InChI=1S/C28H38O6/c1-23-11-15-25(16-12-23)31-19-7-3-5-9-27(29)33-21-22-34-28(30)10-6-4-8-20-32-26-17-13-24(2)14-18-26/h11-18H,3-10,19-22H2,1-2H3. The molecule has 0 bridgehead atoms. The lowest BCUT2D eigenvalue weighted by Gasteiger charge is -2.08. The Morgan fingerprint density at radius 1 is 0.529 bits per heavy atom. The average Bonchev–Trinajstić information content (AvgIpc) is 2.83. The van der Waals surface area contributed by atoms with Crippen molar-refractivity contribution in [3.8, 4) is 11.5 Å². The van der Waals surface area contributed by atoms with Gasteiger partial charge in [0, 0.05) is 12.8 Å². The van der Waals surface area contributed by atoms with Crippen LogP contribution in [-0.4, -0.2) is 38.4 Å². The molecule has 0 aliphatic rings. The lowest BCUT2D eigenvalue weighted by atomic mass is 10.2. The van der Waals surface area contributed by atoms with Crippen LogP contribution >= 0.6 is 0 Å². The smallest absolute Gasteiger partial charge is 0.305 e. The van der Waals surface area contributed by atoms with Gasteiger partial charge >= 0.3 is 11.9 Å². The summed E-state index contributed by atoms with van der Waals surface area (Å²) in [5.41, 5.74) is 2.41. The van der Waals surface area contributed by atoms with Crippen molar-refractivity contribution in [2.75, 3.05) is 26.4 Å². The molecular weight excluding hydrogens is 432 g/mol. The largest absolute Gasteiger partial charge is 0.494 e. The van der Waals surface area contributed by atoms with E-state index in [2.05, 4.69) is 0 Å². The Labute approximate surface area is 203 Å². The van der Waals surface area contributed by atoms with Gasteiger partial charge in [0.15, 0.2) is 0 Å². The van der Waals surface area contributed by atoms with E-state index < -0.39 is 0 Å². The van der Waals surface area contributed by atoms with Crippen molar-refractivity contribution < 1.29 is 28.5 Å². The van der Waals surface area contributed by atoms with Gasteiger partial charge in [-0.1, -0.05) is 35.4 Å². The van der Waals surface area contributed by atoms with Gasteiger partial charge in [-0.25, -0.2) is 0 Å². The second-order valence-electron chi connectivity index (χ2n) is 8.39. The maximum absolute atomic E-state index is 11.8. The third-order valence-corrected chi connectivity index (χ3v) is 5.24. The van der Waals surface area contributed by atoms with Crippen LogP contribution in [0.25, 0.3) is 0 Å². The van der Waals surface area contributed by atoms with E-state index in [0.29, 0.717) is 26.1 Å². The fourth-order valence-electron chi connectivity index (χ4n) is 3.20. The summed E-state index contributed by atoms with van der Waals surface area (Å²) in [7, 11) is 0. The van der Waals surface area contributed by atoms with Gasteiger partial charge in [0.2, 0.25) is 0 Å². The number of carbonyl (C=O) groups excluding carboxylic acids is 2. The highest BCUT2D eigenvalue weighted by Crippen LogP contribution is 2.13. The molecule has 2 aromatic rings. The van der Waals surface area contributed by atoms with E-state index in [0.717, 1.165) is 50.0 Å². The first-order valence-corrected chi connectivity index (χ1v) is 12.2. The summed E-state index contributed by atoms with van der Waals surface area (Å²) in [6.45, 7) is 5.55. The average molecular weight is 471 g/mol. The molecule has 0 aromatic heterocycles. The summed E-state index contributed by atoms with van der Waals surface area (Å²) >= 11 is 0. The summed E-state index contributed by atoms with van der Waals surface area (Å²) in [6.07, 6.45) is 5.80. The molecule has 0 N–H and O–H groups in total. The van der Waals surface area contributed by atoms with Crippen LogP contribution in [-0.2, 0) is 19.1 Å². The van der Waals surface area contributed by atoms with E-state index in [4.69, 9.17) is 18.9 Å². The predicted octanol–water partition coefficient (Wildman–Crippen LogP) is 5.97. The van der Waals surface area contributed by atoms with E-state index >= 15 is 0 Å². The molecule has 34 heavy (non-hydrogen) atoms. The molecule has 186 valence electrons. The van der Waals surface area contributed by atoms with Crippen molar-refractivity contribution in [1.82, 2.24) is 0 Å². The summed E-state index contributed by atoms with van der Waals surface area (Å²) in [6, 6.07) is 15.9. The van der Waals surface area contributed by atoms with Crippen molar-refractivity contribution in [2.24, 2.45) is 0 Å². The van der Waals surface area contributed by atoms with Gasteiger partial charge in [0.1, 0.15) is 24.7 Å². The molecule has 0 amide bonds. The highest BCUT2D eigenvalue weighted by molar-refractivity contribution is 5.70. The van der Waals surface area contributed by atoms with Gasteiger partial charge in [-0.3, -0.25) is 9.59 Å². The zero-order valence-corrected chi connectivity index (χ0v) is 20.6. The van der Waals surface area contributed by atoms with Crippen molar-refractivity contribution in [3.05, 3.63) is 59.7 Å². The number of unbranched alkanes of at least 4 members (excludes halogenated alkanes) is 4. The van der Waals surface area contributed by atoms with Crippen LogP contribution in [0.4, 0.5) is 0 Å². The first kappa shape index (κ1) is 27.2. The topological polar surface area (TPSA) is 71.1 Å². The predicted molar refractivity (Wildman–Crippen MR) is 132 cm³/mol. The van der Waals surface area contributed by atoms with E-state index in [1.165, 1.54) is 11.1 Å². The van der Waals surface area contributed by atoms with E-state index in [-0.39, 0.29) is 25.2 Å². The second kappa shape index (κ2) is 16.6. The number of esters is 2. The molecule has 2 rings (SSSR count). The molecule has 2 aromatic carbocycles. The van der Waals surface area contributed by atoms with E-state index in [9.17, 15) is 9.59 Å². The molecule has 6 heteroatoms. The highest BCUT2D eigenvalue weighted by Gasteiger charge is 2.06. The molecule has 0 aliphatic carbocycles. The summed E-state index contributed by atoms with van der Waals surface area (Å²) < 4.78 is 21.6. The summed E-state index contributed by atoms with van der Waals surface area (Å²) in [5.74, 6) is 1.21. The van der Waals surface area contributed by atoms with Crippen molar-refractivity contribution >= 4 is 11.9 Å². The zero-order chi connectivity index (χ0) is 24.4. The minimum Gasteiger partial charge on any atom is -0.494 e. The summed E-state index contributed by atoms with van der Waals surface area (Å²) in [4.78, 5) is 23.5. The molecular formula is C28H38O6. The number of carbonyl (C=O) groups is 2. The van der Waals surface area contributed by atoms with Gasteiger partial charge in [0.05, 0.1) is 13.2 Å². The molecule has 0 heterocycles. The van der Waals surface area contributed by atoms with Crippen molar-refractivity contribution in [2.45, 2.75) is 65.2 Å². The van der Waals surface area contributed by atoms with Gasteiger partial charge in [-0.15, -0.1) is 0 Å². The highest BCUT2D eigenvalue weighted by atomic mass is 16.6. The third kappa shape index (κ3) is 12.9. The fourth-order valence-corrected chi connectivity index (χ4v) is 3.20. The maximum atomic E-state index is 11.8. The zero-order valence-electron chi connectivity index (χ0n) is 20.6. The van der Waals surface area contributed by atoms with Gasteiger partial charge < -0.3 is 18.9 Å². The number of hydrogen-bond acceptors (Lipinski definition) is 6. The fraction of sp³-hybridized carbons (Fsp3) is 0.500. The maximum Gasteiger partial charge on any atom is 0.305 e. The molecule has 0 spiro atoms. The Kier molecular flexibility index (Phi) is 13.3. The van der Waals surface area contributed by atoms with Crippen LogP contribution in [0.3, 0.4) is 0 Å². The number of hydrogen-bond donors (Lipinski definition) is 0. The molecule has 0 saturated heterocycles. The number of aryl methyl sites for hydroxylation is 2. The normalized spacial score (nSPS) is 10.5. The number of benzene rings is 2. The first-order chi connectivity index (χ1) is 16.5.